The summed E-state index contributed by atoms with van der Waals surface area (Å²) < 4.78 is 7.38. The van der Waals surface area contributed by atoms with E-state index in [9.17, 15) is 10.1 Å². The maximum absolute atomic E-state index is 12.7. The predicted molar refractivity (Wildman–Crippen MR) is 138 cm³/mol. The Labute approximate surface area is 215 Å². The number of fused-ring (bicyclic) bond motifs is 1. The SMILES string of the molecule is CCOc1cc(-c2ccc(N3CCN(C(=O)CCCc4cncnc4)CC3)nc2)c2c(C#N)cnn2c1. The second-order valence-corrected chi connectivity index (χ2v) is 8.86. The van der Waals surface area contributed by atoms with E-state index in [1.165, 1.54) is 6.33 Å². The molecular formula is C27H28N8O2. The highest BCUT2D eigenvalue weighted by Crippen LogP contribution is 2.31. The molecule has 0 unspecified atom stereocenters. The molecule has 0 atom stereocenters. The zero-order chi connectivity index (χ0) is 25.6. The first-order valence-corrected chi connectivity index (χ1v) is 12.4. The molecule has 10 heteroatoms. The minimum Gasteiger partial charge on any atom is -0.492 e. The Bertz CT molecular complexity index is 1400. The molecule has 188 valence electrons. The monoisotopic (exact) mass is 496 g/mol. The van der Waals surface area contributed by atoms with Gasteiger partial charge in [0.25, 0.3) is 0 Å². The number of aromatic nitrogens is 5. The molecule has 10 nitrogen and oxygen atoms in total. The van der Waals surface area contributed by atoms with Crippen LogP contribution in [0.15, 0.2) is 55.5 Å². The topological polar surface area (TPSA) is 113 Å². The summed E-state index contributed by atoms with van der Waals surface area (Å²) in [5, 5.41) is 13.9. The van der Waals surface area contributed by atoms with Gasteiger partial charge in [0, 0.05) is 62.3 Å². The number of anilines is 1. The van der Waals surface area contributed by atoms with Crippen LogP contribution in [0, 0.1) is 11.3 Å². The average Bonchev–Trinajstić information content (AvgIpc) is 3.37. The Balaban J connectivity index is 1.22. The molecule has 0 saturated carbocycles. The van der Waals surface area contributed by atoms with Crippen molar-refractivity contribution in [3.8, 4) is 22.9 Å². The molecule has 0 aromatic carbocycles. The lowest BCUT2D eigenvalue weighted by Crippen LogP contribution is -2.49. The van der Waals surface area contributed by atoms with E-state index in [-0.39, 0.29) is 5.91 Å². The lowest BCUT2D eigenvalue weighted by atomic mass is 10.1. The molecule has 1 fully saturated rings. The molecule has 5 rings (SSSR count). The number of nitrogens with zero attached hydrogens (tertiary/aromatic N) is 8. The summed E-state index contributed by atoms with van der Waals surface area (Å²) in [4.78, 5) is 29.6. The van der Waals surface area contributed by atoms with Crippen LogP contribution >= 0.6 is 0 Å². The molecule has 5 heterocycles. The molecule has 37 heavy (non-hydrogen) atoms. The Hall–Kier alpha value is -4.52. The molecule has 0 N–H and O–H groups in total. The van der Waals surface area contributed by atoms with Crippen LogP contribution in [0.3, 0.4) is 0 Å². The van der Waals surface area contributed by atoms with Gasteiger partial charge in [-0.05, 0) is 43.5 Å². The van der Waals surface area contributed by atoms with Gasteiger partial charge in [-0.1, -0.05) is 0 Å². The van der Waals surface area contributed by atoms with Gasteiger partial charge in [-0.25, -0.2) is 19.5 Å². The molecule has 0 bridgehead atoms. The Morgan fingerprint density at radius 1 is 1.11 bits per heavy atom. The number of ether oxygens (including phenoxy) is 1. The van der Waals surface area contributed by atoms with Crippen molar-refractivity contribution in [2.24, 2.45) is 0 Å². The summed E-state index contributed by atoms with van der Waals surface area (Å²) in [6.45, 7) is 5.28. The number of pyridine rings is 2. The average molecular weight is 497 g/mol. The van der Waals surface area contributed by atoms with E-state index in [0.29, 0.717) is 37.4 Å². The van der Waals surface area contributed by atoms with Gasteiger partial charge in [0.2, 0.25) is 5.91 Å². The van der Waals surface area contributed by atoms with Crippen LogP contribution in [0.25, 0.3) is 16.6 Å². The van der Waals surface area contributed by atoms with E-state index in [4.69, 9.17) is 9.72 Å². The van der Waals surface area contributed by atoms with Crippen molar-refractivity contribution in [2.75, 3.05) is 37.7 Å². The van der Waals surface area contributed by atoms with Gasteiger partial charge in [-0.15, -0.1) is 0 Å². The Kier molecular flexibility index (Phi) is 7.21. The number of piperazine rings is 1. The highest BCUT2D eigenvalue weighted by Gasteiger charge is 2.22. The maximum Gasteiger partial charge on any atom is 0.222 e. The van der Waals surface area contributed by atoms with Crippen molar-refractivity contribution in [3.63, 3.8) is 0 Å². The number of amides is 1. The third kappa shape index (κ3) is 5.35. The van der Waals surface area contributed by atoms with Gasteiger partial charge >= 0.3 is 0 Å². The molecule has 1 amide bonds. The molecule has 4 aromatic rings. The van der Waals surface area contributed by atoms with E-state index < -0.39 is 0 Å². The van der Waals surface area contributed by atoms with E-state index >= 15 is 0 Å². The van der Waals surface area contributed by atoms with Crippen LogP contribution in [0.2, 0.25) is 0 Å². The quantitative estimate of drug-likeness (QED) is 0.366. The lowest BCUT2D eigenvalue weighted by Gasteiger charge is -2.35. The number of hydrogen-bond acceptors (Lipinski definition) is 8. The number of rotatable bonds is 8. The highest BCUT2D eigenvalue weighted by molar-refractivity contribution is 5.85. The van der Waals surface area contributed by atoms with Crippen molar-refractivity contribution in [1.29, 1.82) is 5.26 Å². The first-order chi connectivity index (χ1) is 18.2. The van der Waals surface area contributed by atoms with Gasteiger partial charge in [0.05, 0.1) is 30.1 Å². The molecular weight excluding hydrogens is 468 g/mol. The van der Waals surface area contributed by atoms with E-state index in [2.05, 4.69) is 26.0 Å². The summed E-state index contributed by atoms with van der Waals surface area (Å²) in [5.41, 5.74) is 4.01. The van der Waals surface area contributed by atoms with Crippen molar-refractivity contribution in [3.05, 3.63) is 66.6 Å². The fraction of sp³-hybridized carbons (Fsp3) is 0.333. The van der Waals surface area contributed by atoms with Crippen LogP contribution in [-0.2, 0) is 11.2 Å². The molecule has 0 radical (unpaired) electrons. The number of nitriles is 1. The number of carbonyl (C=O) groups is 1. The number of hydrogen-bond donors (Lipinski definition) is 0. The smallest absolute Gasteiger partial charge is 0.222 e. The minimum atomic E-state index is 0.187. The van der Waals surface area contributed by atoms with Crippen LogP contribution in [0.5, 0.6) is 5.75 Å². The third-order valence-electron chi connectivity index (χ3n) is 6.50. The minimum absolute atomic E-state index is 0.187. The van der Waals surface area contributed by atoms with Crippen LogP contribution < -0.4 is 9.64 Å². The van der Waals surface area contributed by atoms with Gasteiger partial charge in [0.15, 0.2) is 0 Å². The fourth-order valence-electron chi connectivity index (χ4n) is 4.62. The van der Waals surface area contributed by atoms with Gasteiger partial charge in [-0.3, -0.25) is 4.79 Å². The van der Waals surface area contributed by atoms with Crippen LogP contribution in [-0.4, -0.2) is 68.2 Å². The van der Waals surface area contributed by atoms with E-state index in [1.807, 2.05) is 36.2 Å². The summed E-state index contributed by atoms with van der Waals surface area (Å²) in [6, 6.07) is 8.14. The highest BCUT2D eigenvalue weighted by atomic mass is 16.5. The van der Waals surface area contributed by atoms with Crippen molar-refractivity contribution < 1.29 is 9.53 Å². The molecule has 1 aliphatic rings. The van der Waals surface area contributed by atoms with E-state index in [1.54, 1.807) is 29.3 Å². The zero-order valence-corrected chi connectivity index (χ0v) is 20.7. The standard InChI is InChI=1S/C27H28N8O2/c1-2-37-23-12-24(27-22(13-28)17-32-35(27)18-23)21-6-7-25(31-16-21)33-8-10-34(11-9-33)26(36)5-3-4-20-14-29-19-30-15-20/h6-7,12,14-19H,2-5,8-11H2,1H3. The number of aryl methyl sites for hydroxylation is 1. The molecule has 0 aliphatic carbocycles. The molecule has 0 spiro atoms. The van der Waals surface area contributed by atoms with Gasteiger partial charge in [-0.2, -0.15) is 10.4 Å². The van der Waals surface area contributed by atoms with Gasteiger partial charge < -0.3 is 14.5 Å². The zero-order valence-electron chi connectivity index (χ0n) is 20.7. The summed E-state index contributed by atoms with van der Waals surface area (Å²) in [6.07, 6.45) is 12.4. The van der Waals surface area contributed by atoms with Gasteiger partial charge in [0.1, 0.15) is 24.0 Å². The lowest BCUT2D eigenvalue weighted by molar-refractivity contribution is -0.131. The number of carbonyl (C=O) groups excluding carboxylic acids is 1. The second-order valence-electron chi connectivity index (χ2n) is 8.86. The first-order valence-electron chi connectivity index (χ1n) is 12.4. The summed E-state index contributed by atoms with van der Waals surface area (Å²) in [7, 11) is 0. The van der Waals surface area contributed by atoms with Crippen LogP contribution in [0.4, 0.5) is 5.82 Å². The normalized spacial score (nSPS) is 13.5. The van der Waals surface area contributed by atoms with Crippen molar-refractivity contribution in [2.45, 2.75) is 26.2 Å². The fourth-order valence-corrected chi connectivity index (χ4v) is 4.62. The maximum atomic E-state index is 12.7. The Morgan fingerprint density at radius 3 is 2.62 bits per heavy atom. The van der Waals surface area contributed by atoms with Crippen molar-refractivity contribution >= 4 is 17.2 Å². The molecule has 1 aliphatic heterocycles. The summed E-state index contributed by atoms with van der Waals surface area (Å²) in [5.74, 6) is 1.73. The third-order valence-corrected chi connectivity index (χ3v) is 6.50. The van der Waals surface area contributed by atoms with E-state index in [0.717, 1.165) is 54.0 Å². The van der Waals surface area contributed by atoms with Crippen molar-refractivity contribution in [1.82, 2.24) is 29.5 Å². The molecule has 4 aromatic heterocycles. The first kappa shape index (κ1) is 24.2. The van der Waals surface area contributed by atoms with Crippen LogP contribution in [0.1, 0.15) is 30.9 Å². The Morgan fingerprint density at radius 2 is 1.92 bits per heavy atom. The second kappa shape index (κ2) is 11.0. The summed E-state index contributed by atoms with van der Waals surface area (Å²) >= 11 is 0. The largest absolute Gasteiger partial charge is 0.492 e. The molecule has 1 saturated heterocycles. The predicted octanol–water partition coefficient (Wildman–Crippen LogP) is 3.13.